The first-order valence-corrected chi connectivity index (χ1v) is 9.85. The maximum absolute atomic E-state index is 12.7. The van der Waals surface area contributed by atoms with Gasteiger partial charge in [-0.1, -0.05) is 50.6 Å². The zero-order valence-corrected chi connectivity index (χ0v) is 18.5. The van der Waals surface area contributed by atoms with Crippen LogP contribution in [0.3, 0.4) is 0 Å². The summed E-state index contributed by atoms with van der Waals surface area (Å²) >= 11 is 0. The van der Waals surface area contributed by atoms with Gasteiger partial charge in [0.2, 0.25) is 5.91 Å². The number of hydrogen-bond acceptors (Lipinski definition) is 3. The van der Waals surface area contributed by atoms with Gasteiger partial charge >= 0.3 is 0 Å². The molecule has 1 aliphatic rings. The average Bonchev–Trinajstić information content (AvgIpc) is 3.14. The monoisotopic (exact) mass is 417 g/mol. The molecule has 6 heteroatoms. The lowest BCUT2D eigenvalue weighted by atomic mass is 9.89. The molecule has 0 bridgehead atoms. The number of halogens is 2. The minimum Gasteiger partial charge on any atom is -0.354 e. The molecule has 1 aromatic carbocycles. The predicted molar refractivity (Wildman–Crippen MR) is 119 cm³/mol. The van der Waals surface area contributed by atoms with Crippen LogP contribution in [-0.4, -0.2) is 24.5 Å². The first kappa shape index (κ1) is 26.2. The molecular weight excluding hydrogens is 381 g/mol. The van der Waals surface area contributed by atoms with Crippen molar-refractivity contribution in [2.24, 2.45) is 17.6 Å². The van der Waals surface area contributed by atoms with E-state index in [1.165, 1.54) is 5.56 Å². The van der Waals surface area contributed by atoms with Crippen molar-refractivity contribution in [1.82, 2.24) is 10.6 Å². The van der Waals surface area contributed by atoms with E-state index in [4.69, 9.17) is 5.73 Å². The van der Waals surface area contributed by atoms with Gasteiger partial charge in [-0.05, 0) is 50.6 Å². The summed E-state index contributed by atoms with van der Waals surface area (Å²) in [5.41, 5.74) is 7.03. The van der Waals surface area contributed by atoms with Crippen molar-refractivity contribution in [3.05, 3.63) is 35.9 Å². The molecular formula is C21H37Cl2N3O. The zero-order chi connectivity index (χ0) is 18.3. The highest BCUT2D eigenvalue weighted by Crippen LogP contribution is 2.31. The van der Waals surface area contributed by atoms with Gasteiger partial charge in [-0.3, -0.25) is 4.79 Å². The van der Waals surface area contributed by atoms with Gasteiger partial charge in [-0.15, -0.1) is 24.8 Å². The largest absolute Gasteiger partial charge is 0.354 e. The van der Waals surface area contributed by atoms with E-state index < -0.39 is 0 Å². The molecule has 1 amide bonds. The number of carbonyl (C=O) groups is 1. The van der Waals surface area contributed by atoms with E-state index in [1.807, 2.05) is 6.07 Å². The highest BCUT2D eigenvalue weighted by molar-refractivity contribution is 5.85. The summed E-state index contributed by atoms with van der Waals surface area (Å²) in [6, 6.07) is 10.7. The molecule has 4 N–H and O–H groups in total. The average molecular weight is 418 g/mol. The molecule has 0 spiro atoms. The Bertz CT molecular complexity index is 537. The van der Waals surface area contributed by atoms with Crippen LogP contribution >= 0.6 is 24.8 Å². The van der Waals surface area contributed by atoms with Crippen molar-refractivity contribution < 1.29 is 4.79 Å². The van der Waals surface area contributed by atoms with Crippen LogP contribution in [0.15, 0.2) is 30.3 Å². The fourth-order valence-electron chi connectivity index (χ4n) is 4.09. The van der Waals surface area contributed by atoms with Crippen LogP contribution in [-0.2, 0) is 4.79 Å². The molecule has 0 aliphatic heterocycles. The minimum absolute atomic E-state index is 0. The molecule has 0 aromatic heterocycles. The van der Waals surface area contributed by atoms with Gasteiger partial charge in [0, 0.05) is 24.0 Å². The topological polar surface area (TPSA) is 67.2 Å². The van der Waals surface area contributed by atoms with E-state index in [2.05, 4.69) is 55.7 Å². The molecule has 0 saturated heterocycles. The number of nitrogens with one attached hydrogen (secondary N) is 2. The molecule has 1 saturated carbocycles. The van der Waals surface area contributed by atoms with Crippen LogP contribution in [0.5, 0.6) is 0 Å². The van der Waals surface area contributed by atoms with Gasteiger partial charge in [0.25, 0.3) is 0 Å². The van der Waals surface area contributed by atoms with Gasteiger partial charge in [0.1, 0.15) is 0 Å². The van der Waals surface area contributed by atoms with E-state index in [1.54, 1.807) is 0 Å². The van der Waals surface area contributed by atoms with Crippen molar-refractivity contribution in [3.8, 4) is 0 Å². The summed E-state index contributed by atoms with van der Waals surface area (Å²) < 4.78 is 0. The van der Waals surface area contributed by atoms with Crippen molar-refractivity contribution in [1.29, 1.82) is 0 Å². The first-order chi connectivity index (χ1) is 12.0. The molecule has 1 fully saturated rings. The second kappa shape index (κ2) is 12.6. The molecule has 0 radical (unpaired) electrons. The van der Waals surface area contributed by atoms with Crippen LogP contribution in [0.4, 0.5) is 0 Å². The summed E-state index contributed by atoms with van der Waals surface area (Å²) in [5.74, 6) is 0.644. The Balaban J connectivity index is 0.00000338. The molecule has 156 valence electrons. The highest BCUT2D eigenvalue weighted by atomic mass is 35.5. The first-order valence-electron chi connectivity index (χ1n) is 9.85. The summed E-state index contributed by atoms with van der Waals surface area (Å²) in [6.07, 6.45) is 5.14. The maximum atomic E-state index is 12.7. The normalized spacial score (nSPS) is 20.3. The number of nitrogens with two attached hydrogens (primary N) is 1. The minimum atomic E-state index is -0.0816. The Hall–Kier alpha value is -0.810. The predicted octanol–water partition coefficient (Wildman–Crippen LogP) is 4.23. The van der Waals surface area contributed by atoms with Crippen molar-refractivity contribution >= 4 is 30.7 Å². The van der Waals surface area contributed by atoms with Crippen LogP contribution < -0.4 is 16.4 Å². The number of rotatable bonds is 9. The van der Waals surface area contributed by atoms with Crippen LogP contribution in [0, 0.1) is 11.8 Å². The highest BCUT2D eigenvalue weighted by Gasteiger charge is 2.34. The van der Waals surface area contributed by atoms with E-state index >= 15 is 0 Å². The molecule has 1 aliphatic carbocycles. The molecule has 27 heavy (non-hydrogen) atoms. The van der Waals surface area contributed by atoms with Crippen molar-refractivity contribution in [2.45, 2.75) is 64.5 Å². The Morgan fingerprint density at radius 2 is 1.81 bits per heavy atom. The Morgan fingerprint density at radius 3 is 2.37 bits per heavy atom. The lowest BCUT2D eigenvalue weighted by molar-refractivity contribution is -0.126. The smallest absolute Gasteiger partial charge is 0.223 e. The van der Waals surface area contributed by atoms with Crippen LogP contribution in [0.2, 0.25) is 0 Å². The quantitative estimate of drug-likeness (QED) is 0.562. The third-order valence-corrected chi connectivity index (χ3v) is 6.08. The van der Waals surface area contributed by atoms with Gasteiger partial charge in [0.15, 0.2) is 0 Å². The number of amides is 1. The fourth-order valence-corrected chi connectivity index (χ4v) is 4.09. The second-order valence-electron chi connectivity index (χ2n) is 7.52. The van der Waals surface area contributed by atoms with Gasteiger partial charge in [0.05, 0.1) is 0 Å². The zero-order valence-electron chi connectivity index (χ0n) is 16.9. The van der Waals surface area contributed by atoms with Gasteiger partial charge in [-0.2, -0.15) is 0 Å². The molecule has 3 atom stereocenters. The van der Waals surface area contributed by atoms with Crippen molar-refractivity contribution in [3.63, 3.8) is 0 Å². The summed E-state index contributed by atoms with van der Waals surface area (Å²) in [4.78, 5) is 12.7. The number of benzene rings is 1. The Kier molecular flexibility index (Phi) is 12.2. The Morgan fingerprint density at radius 1 is 1.19 bits per heavy atom. The number of hydrogen-bond donors (Lipinski definition) is 3. The summed E-state index contributed by atoms with van der Waals surface area (Å²) in [7, 11) is 0. The lowest BCUT2D eigenvalue weighted by Gasteiger charge is -2.37. The molecule has 4 nitrogen and oxygen atoms in total. The van der Waals surface area contributed by atoms with Crippen LogP contribution in [0.25, 0.3) is 0 Å². The van der Waals surface area contributed by atoms with E-state index in [0.29, 0.717) is 19.0 Å². The van der Waals surface area contributed by atoms with Gasteiger partial charge in [-0.25, -0.2) is 0 Å². The second-order valence-corrected chi connectivity index (χ2v) is 7.52. The molecule has 2 rings (SSSR count). The molecule has 0 heterocycles. The van der Waals surface area contributed by atoms with Crippen molar-refractivity contribution in [2.75, 3.05) is 13.1 Å². The maximum Gasteiger partial charge on any atom is 0.223 e. The SMILES string of the molecule is CCC(CC)(CNC(=O)[C@@H]1CCC[C@@H]1CN)NC(C)c1ccccc1.Cl.Cl. The van der Waals surface area contributed by atoms with E-state index in [0.717, 1.165) is 32.1 Å². The summed E-state index contributed by atoms with van der Waals surface area (Å²) in [5, 5.41) is 7.01. The van der Waals surface area contributed by atoms with E-state index in [9.17, 15) is 4.79 Å². The van der Waals surface area contributed by atoms with E-state index in [-0.39, 0.29) is 48.2 Å². The molecule has 1 aromatic rings. The Labute approximate surface area is 177 Å². The lowest BCUT2D eigenvalue weighted by Crippen LogP contribution is -2.54. The van der Waals surface area contributed by atoms with Gasteiger partial charge < -0.3 is 16.4 Å². The van der Waals surface area contributed by atoms with Crippen LogP contribution in [0.1, 0.15) is 64.5 Å². The summed E-state index contributed by atoms with van der Waals surface area (Å²) in [6.45, 7) is 7.87. The molecule has 1 unspecified atom stereocenters. The standard InChI is InChI=1S/C21H35N3O.2ClH/c1-4-21(5-2,24-16(3)17-10-7-6-8-11-17)15-23-20(25)19-13-9-12-18(19)14-22;;/h6-8,10-11,16,18-19,24H,4-5,9,12-15,22H2,1-3H3,(H,23,25);2*1H/t16?,18-,19-;;/m1../s1. The fraction of sp³-hybridized carbons (Fsp3) is 0.667. The third-order valence-electron chi connectivity index (χ3n) is 6.08. The third kappa shape index (κ3) is 6.94. The number of carbonyl (C=O) groups excluding carboxylic acids is 1.